The van der Waals surface area contributed by atoms with Gasteiger partial charge in [0.1, 0.15) is 17.7 Å². The van der Waals surface area contributed by atoms with Crippen molar-refractivity contribution in [2.75, 3.05) is 26.8 Å². The second kappa shape index (κ2) is 7.21. The van der Waals surface area contributed by atoms with Crippen molar-refractivity contribution >= 4 is 5.91 Å². The molecule has 0 aliphatic carbocycles. The molecule has 1 unspecified atom stereocenters. The minimum Gasteiger partial charge on any atom is -0.497 e. The summed E-state index contributed by atoms with van der Waals surface area (Å²) in [5, 5.41) is 12.9. The molecule has 23 heavy (non-hydrogen) atoms. The van der Waals surface area contributed by atoms with E-state index in [2.05, 4.69) is 25.8 Å². The molecule has 0 spiro atoms. The lowest BCUT2D eigenvalue weighted by Gasteiger charge is -2.22. The van der Waals surface area contributed by atoms with Crippen molar-refractivity contribution in [3.05, 3.63) is 30.1 Å². The fourth-order valence-corrected chi connectivity index (χ4v) is 2.26. The van der Waals surface area contributed by atoms with E-state index in [9.17, 15) is 4.79 Å². The molecule has 1 atom stereocenters. The second-order valence-corrected chi connectivity index (χ2v) is 5.12. The van der Waals surface area contributed by atoms with Crippen LogP contribution in [0.3, 0.4) is 0 Å². The number of amides is 1. The van der Waals surface area contributed by atoms with Gasteiger partial charge in [-0.25, -0.2) is 4.98 Å². The number of aromatic nitrogens is 3. The van der Waals surface area contributed by atoms with Crippen LogP contribution < -0.4 is 15.4 Å². The number of aromatic amines is 1. The predicted octanol–water partition coefficient (Wildman–Crippen LogP) is 0.0849. The first-order valence-corrected chi connectivity index (χ1v) is 7.42. The number of hydrogen-bond donors (Lipinski definition) is 3. The van der Waals surface area contributed by atoms with Crippen molar-refractivity contribution in [2.24, 2.45) is 0 Å². The number of carbonyl (C=O) groups excluding carboxylic acids is 1. The van der Waals surface area contributed by atoms with Crippen LogP contribution in [0.5, 0.6) is 5.75 Å². The molecule has 1 amide bonds. The third-order valence-corrected chi connectivity index (χ3v) is 3.53. The molecule has 1 aliphatic heterocycles. The lowest BCUT2D eigenvalue weighted by Crippen LogP contribution is -2.47. The van der Waals surface area contributed by atoms with Crippen molar-refractivity contribution < 1.29 is 14.3 Å². The normalized spacial score (nSPS) is 17.7. The summed E-state index contributed by atoms with van der Waals surface area (Å²) < 4.78 is 10.5. The van der Waals surface area contributed by atoms with E-state index >= 15 is 0 Å². The summed E-state index contributed by atoms with van der Waals surface area (Å²) in [4.78, 5) is 16.3. The highest BCUT2D eigenvalue weighted by atomic mass is 16.5. The van der Waals surface area contributed by atoms with Crippen molar-refractivity contribution in [2.45, 2.75) is 12.6 Å². The van der Waals surface area contributed by atoms with Gasteiger partial charge in [-0.3, -0.25) is 9.89 Å². The van der Waals surface area contributed by atoms with E-state index in [-0.39, 0.29) is 12.5 Å². The largest absolute Gasteiger partial charge is 0.497 e. The average Bonchev–Trinajstić information content (AvgIpc) is 3.09. The Morgan fingerprint density at radius 1 is 1.43 bits per heavy atom. The monoisotopic (exact) mass is 317 g/mol. The van der Waals surface area contributed by atoms with Gasteiger partial charge in [0.2, 0.25) is 0 Å². The molecule has 0 saturated carbocycles. The van der Waals surface area contributed by atoms with E-state index in [0.717, 1.165) is 17.9 Å². The molecule has 1 aromatic heterocycles. The number of H-pyrrole nitrogens is 1. The van der Waals surface area contributed by atoms with Crippen LogP contribution in [-0.4, -0.2) is 54.0 Å². The first kappa shape index (κ1) is 15.4. The molecule has 8 heteroatoms. The van der Waals surface area contributed by atoms with Gasteiger partial charge in [-0.15, -0.1) is 0 Å². The highest BCUT2D eigenvalue weighted by Crippen LogP contribution is 2.18. The topological polar surface area (TPSA) is 101 Å². The fraction of sp³-hybridized carbons (Fsp3) is 0.400. The number of hydrogen-bond acceptors (Lipinski definition) is 6. The van der Waals surface area contributed by atoms with E-state index in [0.29, 0.717) is 24.8 Å². The Balaban J connectivity index is 1.57. The average molecular weight is 317 g/mol. The third kappa shape index (κ3) is 3.85. The fourth-order valence-electron chi connectivity index (χ4n) is 2.26. The van der Waals surface area contributed by atoms with Crippen molar-refractivity contribution in [1.82, 2.24) is 25.8 Å². The van der Waals surface area contributed by atoms with Gasteiger partial charge in [-0.2, -0.15) is 5.10 Å². The Bertz CT molecular complexity index is 649. The number of nitrogens with one attached hydrogen (secondary N) is 3. The zero-order valence-electron chi connectivity index (χ0n) is 12.8. The van der Waals surface area contributed by atoms with Crippen LogP contribution in [-0.2, 0) is 16.1 Å². The molecular weight excluding hydrogens is 298 g/mol. The van der Waals surface area contributed by atoms with Gasteiger partial charge in [0.25, 0.3) is 5.91 Å². The number of ether oxygens (including phenoxy) is 2. The minimum atomic E-state index is -0.451. The molecular formula is C15H19N5O3. The lowest BCUT2D eigenvalue weighted by atomic mass is 10.2. The Hall–Kier alpha value is -2.45. The Kier molecular flexibility index (Phi) is 4.84. The van der Waals surface area contributed by atoms with Crippen LogP contribution in [0.25, 0.3) is 11.4 Å². The van der Waals surface area contributed by atoms with Gasteiger partial charge in [0.05, 0.1) is 20.3 Å². The highest BCUT2D eigenvalue weighted by Gasteiger charge is 2.21. The molecule has 2 aromatic rings. The molecule has 0 radical (unpaired) electrons. The molecule has 1 aromatic carbocycles. The smallest absolute Gasteiger partial charge is 0.250 e. The summed E-state index contributed by atoms with van der Waals surface area (Å²) in [5.41, 5.74) is 0.874. The van der Waals surface area contributed by atoms with E-state index in [4.69, 9.17) is 9.47 Å². The SMILES string of the molecule is COc1ccc(-c2n[nH]c(CNC(=O)C3CNCCO3)n2)cc1. The zero-order valence-corrected chi connectivity index (χ0v) is 12.8. The molecule has 122 valence electrons. The quantitative estimate of drug-likeness (QED) is 0.722. The van der Waals surface area contributed by atoms with Crippen LogP contribution in [0, 0.1) is 0 Å². The van der Waals surface area contributed by atoms with Gasteiger partial charge < -0.3 is 20.1 Å². The maximum absolute atomic E-state index is 12.0. The Morgan fingerprint density at radius 2 is 2.26 bits per heavy atom. The van der Waals surface area contributed by atoms with Gasteiger partial charge in [0.15, 0.2) is 5.82 Å². The number of benzene rings is 1. The van der Waals surface area contributed by atoms with Crippen LogP contribution in [0.15, 0.2) is 24.3 Å². The van der Waals surface area contributed by atoms with E-state index in [1.165, 1.54) is 0 Å². The summed E-state index contributed by atoms with van der Waals surface area (Å²) >= 11 is 0. The third-order valence-electron chi connectivity index (χ3n) is 3.53. The Labute approximate surface area is 133 Å². The maximum Gasteiger partial charge on any atom is 0.250 e. The predicted molar refractivity (Wildman–Crippen MR) is 82.8 cm³/mol. The second-order valence-electron chi connectivity index (χ2n) is 5.12. The molecule has 1 aliphatic rings. The summed E-state index contributed by atoms with van der Waals surface area (Å²) in [6, 6.07) is 7.46. The lowest BCUT2D eigenvalue weighted by molar-refractivity contribution is -0.134. The standard InChI is InChI=1S/C15H19N5O3/c1-22-11-4-2-10(3-5-11)14-18-13(19-20-14)9-17-15(21)12-8-16-6-7-23-12/h2-5,12,16H,6-9H2,1H3,(H,17,21)(H,18,19,20). The summed E-state index contributed by atoms with van der Waals surface area (Å²) in [6.45, 7) is 2.13. The number of morpholine rings is 1. The summed E-state index contributed by atoms with van der Waals surface area (Å²) in [6.07, 6.45) is -0.451. The molecule has 1 saturated heterocycles. The first-order chi connectivity index (χ1) is 11.3. The highest BCUT2D eigenvalue weighted by molar-refractivity contribution is 5.81. The van der Waals surface area contributed by atoms with E-state index in [1.54, 1.807) is 7.11 Å². The number of carbonyl (C=O) groups is 1. The number of nitrogens with zero attached hydrogens (tertiary/aromatic N) is 2. The van der Waals surface area contributed by atoms with Gasteiger partial charge in [-0.1, -0.05) is 0 Å². The van der Waals surface area contributed by atoms with E-state index < -0.39 is 6.10 Å². The van der Waals surface area contributed by atoms with Gasteiger partial charge in [0, 0.05) is 18.7 Å². The molecule has 8 nitrogen and oxygen atoms in total. The van der Waals surface area contributed by atoms with Gasteiger partial charge in [-0.05, 0) is 24.3 Å². The summed E-state index contributed by atoms with van der Waals surface area (Å²) in [7, 11) is 1.62. The van der Waals surface area contributed by atoms with Crippen LogP contribution in [0.1, 0.15) is 5.82 Å². The van der Waals surface area contributed by atoms with Crippen LogP contribution in [0.4, 0.5) is 0 Å². The van der Waals surface area contributed by atoms with Crippen molar-refractivity contribution in [3.63, 3.8) is 0 Å². The number of methoxy groups -OCH3 is 1. The van der Waals surface area contributed by atoms with Crippen LogP contribution in [0.2, 0.25) is 0 Å². The van der Waals surface area contributed by atoms with E-state index in [1.807, 2.05) is 24.3 Å². The summed E-state index contributed by atoms with van der Waals surface area (Å²) in [5.74, 6) is 1.79. The zero-order chi connectivity index (χ0) is 16.1. The molecule has 0 bridgehead atoms. The van der Waals surface area contributed by atoms with Crippen molar-refractivity contribution in [1.29, 1.82) is 0 Å². The van der Waals surface area contributed by atoms with Gasteiger partial charge >= 0.3 is 0 Å². The number of rotatable bonds is 5. The Morgan fingerprint density at radius 3 is 2.96 bits per heavy atom. The minimum absolute atomic E-state index is 0.153. The first-order valence-electron chi connectivity index (χ1n) is 7.42. The molecule has 3 N–H and O–H groups in total. The van der Waals surface area contributed by atoms with Crippen LogP contribution >= 0.6 is 0 Å². The molecule has 3 rings (SSSR count). The molecule has 2 heterocycles. The van der Waals surface area contributed by atoms with Crippen molar-refractivity contribution in [3.8, 4) is 17.1 Å². The maximum atomic E-state index is 12.0. The molecule has 1 fully saturated rings.